The molecule has 176 valence electrons. The zero-order valence-corrected chi connectivity index (χ0v) is 19.1. The Bertz CT molecular complexity index is 1210. The Labute approximate surface area is 196 Å². The van der Waals surface area contributed by atoms with Crippen LogP contribution in [0.15, 0.2) is 47.3 Å². The van der Waals surface area contributed by atoms with Crippen molar-refractivity contribution in [3.63, 3.8) is 0 Å². The third kappa shape index (κ3) is 5.40. The third-order valence-corrected chi connectivity index (χ3v) is 5.19. The van der Waals surface area contributed by atoms with E-state index in [9.17, 15) is 9.59 Å². The van der Waals surface area contributed by atoms with Gasteiger partial charge in [-0.05, 0) is 39.3 Å². The van der Waals surface area contributed by atoms with Gasteiger partial charge in [-0.15, -0.1) is 0 Å². The fourth-order valence-electron chi connectivity index (χ4n) is 3.77. The predicted octanol–water partition coefficient (Wildman–Crippen LogP) is 2.61. The number of benzene rings is 1. The second kappa shape index (κ2) is 9.35. The van der Waals surface area contributed by atoms with Gasteiger partial charge in [0, 0.05) is 18.2 Å². The average molecular weight is 463 g/mol. The molecule has 0 saturated carbocycles. The summed E-state index contributed by atoms with van der Waals surface area (Å²) in [6.45, 7) is 6.05. The molecule has 0 bridgehead atoms. The van der Waals surface area contributed by atoms with Gasteiger partial charge in [0.25, 0.3) is 5.89 Å². The first-order valence-electron chi connectivity index (χ1n) is 10.8. The number of rotatable bonds is 5. The number of nitrogens with zero attached hydrogens (tertiary/aromatic N) is 6. The number of aromatic nitrogens is 4. The van der Waals surface area contributed by atoms with Crippen LogP contribution in [-0.4, -0.2) is 61.1 Å². The molecule has 0 aliphatic carbocycles. The lowest BCUT2D eigenvalue weighted by atomic mass is 10.1. The normalized spacial score (nSPS) is 17.9. The number of carbonyl (C=O) groups is 2. The highest BCUT2D eigenvalue weighted by atomic mass is 16.6. The van der Waals surface area contributed by atoms with E-state index in [4.69, 9.17) is 14.4 Å². The summed E-state index contributed by atoms with van der Waals surface area (Å²) in [5.74, 6) is -0.209. The maximum atomic E-state index is 12.8. The van der Waals surface area contributed by atoms with Crippen molar-refractivity contribution in [1.82, 2.24) is 30.2 Å². The van der Waals surface area contributed by atoms with E-state index in [2.05, 4.69) is 26.6 Å². The van der Waals surface area contributed by atoms with E-state index in [1.165, 1.54) is 11.0 Å². The van der Waals surface area contributed by atoms with Crippen LogP contribution >= 0.6 is 0 Å². The molecule has 1 fully saturated rings. The van der Waals surface area contributed by atoms with E-state index >= 15 is 0 Å². The maximum absolute atomic E-state index is 12.8. The van der Waals surface area contributed by atoms with Crippen molar-refractivity contribution >= 4 is 12.0 Å². The summed E-state index contributed by atoms with van der Waals surface area (Å²) in [5.41, 5.74) is 0.477. The Balaban J connectivity index is 1.45. The SMILES string of the molecule is CC(C)(C)OC(=O)N1C[C@H](NC(=O)c2ncc(-c3cccc(C#N)c3)o2)C[C@H]1Cn1nccn1. The minimum Gasteiger partial charge on any atom is -0.444 e. The molecule has 0 unspecified atom stereocenters. The zero-order valence-electron chi connectivity index (χ0n) is 19.1. The smallest absolute Gasteiger partial charge is 0.410 e. The number of nitrogens with one attached hydrogen (secondary N) is 1. The van der Waals surface area contributed by atoms with Crippen molar-refractivity contribution in [2.75, 3.05) is 6.54 Å². The summed E-state index contributed by atoms with van der Waals surface area (Å²) in [4.78, 5) is 32.8. The minimum absolute atomic E-state index is 0.0987. The monoisotopic (exact) mass is 463 g/mol. The summed E-state index contributed by atoms with van der Waals surface area (Å²) >= 11 is 0. The van der Waals surface area contributed by atoms with Crippen molar-refractivity contribution in [3.8, 4) is 17.4 Å². The largest absolute Gasteiger partial charge is 0.444 e. The van der Waals surface area contributed by atoms with Gasteiger partial charge in [-0.25, -0.2) is 9.78 Å². The van der Waals surface area contributed by atoms with Crippen molar-refractivity contribution in [2.45, 2.75) is 51.4 Å². The van der Waals surface area contributed by atoms with Crippen LogP contribution in [0, 0.1) is 11.3 Å². The first-order valence-corrected chi connectivity index (χ1v) is 10.8. The van der Waals surface area contributed by atoms with Gasteiger partial charge >= 0.3 is 12.0 Å². The first kappa shape index (κ1) is 23.0. The van der Waals surface area contributed by atoms with Crippen LogP contribution < -0.4 is 5.32 Å². The molecule has 1 aromatic carbocycles. The Morgan fingerprint density at radius 3 is 2.76 bits per heavy atom. The van der Waals surface area contributed by atoms with Gasteiger partial charge in [-0.2, -0.15) is 20.3 Å². The molecular formula is C23H25N7O4. The second-order valence-electron chi connectivity index (χ2n) is 9.00. The average Bonchev–Trinajstić information content (AvgIpc) is 3.54. The van der Waals surface area contributed by atoms with Crippen LogP contribution in [0.5, 0.6) is 0 Å². The van der Waals surface area contributed by atoms with Crippen molar-refractivity contribution in [2.24, 2.45) is 0 Å². The van der Waals surface area contributed by atoms with E-state index in [0.717, 1.165) is 0 Å². The van der Waals surface area contributed by atoms with Crippen LogP contribution in [-0.2, 0) is 11.3 Å². The minimum atomic E-state index is -0.649. The molecule has 34 heavy (non-hydrogen) atoms. The first-order chi connectivity index (χ1) is 16.2. The second-order valence-corrected chi connectivity index (χ2v) is 9.00. The molecule has 2 amide bonds. The Morgan fingerprint density at radius 2 is 2.06 bits per heavy atom. The molecule has 1 saturated heterocycles. The van der Waals surface area contributed by atoms with E-state index in [0.29, 0.717) is 29.9 Å². The number of oxazole rings is 1. The molecular weight excluding hydrogens is 438 g/mol. The highest BCUT2D eigenvalue weighted by Gasteiger charge is 2.39. The number of hydrogen-bond donors (Lipinski definition) is 1. The molecule has 11 nitrogen and oxygen atoms in total. The number of amides is 2. The highest BCUT2D eigenvalue weighted by Crippen LogP contribution is 2.24. The van der Waals surface area contributed by atoms with Gasteiger partial charge < -0.3 is 19.4 Å². The van der Waals surface area contributed by atoms with Crippen LogP contribution in [0.4, 0.5) is 4.79 Å². The zero-order chi connectivity index (χ0) is 24.3. The molecule has 2 aromatic heterocycles. The number of nitriles is 1. The quantitative estimate of drug-likeness (QED) is 0.609. The fraction of sp³-hybridized carbons (Fsp3) is 0.391. The van der Waals surface area contributed by atoms with Crippen LogP contribution in [0.1, 0.15) is 43.4 Å². The van der Waals surface area contributed by atoms with Crippen LogP contribution in [0.2, 0.25) is 0 Å². The number of ether oxygens (including phenoxy) is 1. The fourth-order valence-corrected chi connectivity index (χ4v) is 3.77. The van der Waals surface area contributed by atoms with Crippen LogP contribution in [0.3, 0.4) is 0 Å². The van der Waals surface area contributed by atoms with Gasteiger partial charge in [0.05, 0.1) is 42.8 Å². The Kier molecular flexibility index (Phi) is 6.32. The molecule has 1 aliphatic heterocycles. The van der Waals surface area contributed by atoms with Crippen LogP contribution in [0.25, 0.3) is 11.3 Å². The van der Waals surface area contributed by atoms with Gasteiger partial charge in [0.15, 0.2) is 5.76 Å². The summed E-state index contributed by atoms with van der Waals surface area (Å²) in [5, 5.41) is 20.2. The van der Waals surface area contributed by atoms with E-state index < -0.39 is 17.6 Å². The third-order valence-electron chi connectivity index (χ3n) is 5.19. The number of carbonyl (C=O) groups excluding carboxylic acids is 2. The molecule has 11 heteroatoms. The maximum Gasteiger partial charge on any atom is 0.410 e. The highest BCUT2D eigenvalue weighted by molar-refractivity contribution is 5.90. The summed E-state index contributed by atoms with van der Waals surface area (Å²) in [6.07, 6.45) is 4.61. The van der Waals surface area contributed by atoms with Crippen molar-refractivity contribution in [3.05, 3.63) is 54.3 Å². The lowest BCUT2D eigenvalue weighted by Crippen LogP contribution is -2.43. The van der Waals surface area contributed by atoms with E-state index in [1.807, 2.05) is 0 Å². The molecule has 3 heterocycles. The van der Waals surface area contributed by atoms with E-state index in [-0.39, 0.29) is 24.5 Å². The molecule has 2 atom stereocenters. The standard InChI is InChI=1S/C23H25N7O4/c1-23(2,3)34-22(32)29-13-17(10-18(29)14-30-26-7-8-27-30)28-20(31)21-25-12-19(33-21)16-6-4-5-15(9-16)11-24/h4-9,12,17-18H,10,13-14H2,1-3H3,(H,28,31)/t17-,18+/m1/s1. The summed E-state index contributed by atoms with van der Waals surface area (Å²) in [7, 11) is 0. The lowest BCUT2D eigenvalue weighted by molar-refractivity contribution is 0.0205. The topological polar surface area (TPSA) is 139 Å². The van der Waals surface area contributed by atoms with E-state index in [1.54, 1.807) is 62.3 Å². The van der Waals surface area contributed by atoms with Gasteiger partial charge in [-0.3, -0.25) is 4.79 Å². The van der Waals surface area contributed by atoms with Gasteiger partial charge in [0.2, 0.25) is 0 Å². The molecule has 0 spiro atoms. The number of likely N-dealkylation sites (tertiary alicyclic amines) is 1. The van der Waals surface area contributed by atoms with Crippen molar-refractivity contribution < 1.29 is 18.7 Å². The van der Waals surface area contributed by atoms with Gasteiger partial charge in [-0.1, -0.05) is 12.1 Å². The molecule has 1 N–H and O–H groups in total. The molecule has 0 radical (unpaired) electrons. The Morgan fingerprint density at radius 1 is 1.29 bits per heavy atom. The Hall–Kier alpha value is -4.20. The summed E-state index contributed by atoms with van der Waals surface area (Å²) in [6, 6.07) is 8.31. The van der Waals surface area contributed by atoms with Crippen molar-refractivity contribution in [1.29, 1.82) is 5.26 Å². The number of hydrogen-bond acceptors (Lipinski definition) is 8. The molecule has 3 aromatic rings. The predicted molar refractivity (Wildman–Crippen MR) is 119 cm³/mol. The van der Waals surface area contributed by atoms with Gasteiger partial charge in [0.1, 0.15) is 5.60 Å². The molecule has 4 rings (SSSR count). The molecule has 1 aliphatic rings. The lowest BCUT2D eigenvalue weighted by Gasteiger charge is -2.28. The summed E-state index contributed by atoms with van der Waals surface area (Å²) < 4.78 is 11.2.